The van der Waals surface area contributed by atoms with Crippen LogP contribution in [0.3, 0.4) is 0 Å². The third kappa shape index (κ3) is 5.90. The fourth-order valence-electron chi connectivity index (χ4n) is 3.81. The van der Waals surface area contributed by atoms with Crippen molar-refractivity contribution in [1.82, 2.24) is 20.0 Å². The number of carbonyl (C=O) groups excluding carboxylic acids is 1. The maximum atomic E-state index is 12.6. The van der Waals surface area contributed by atoms with Crippen molar-refractivity contribution < 1.29 is 9.53 Å². The lowest BCUT2D eigenvalue weighted by Crippen LogP contribution is -2.36. The molecule has 3 rings (SSSR count). The topological polar surface area (TPSA) is 59.4 Å². The van der Waals surface area contributed by atoms with Gasteiger partial charge >= 0.3 is 0 Å². The van der Waals surface area contributed by atoms with Crippen LogP contribution in [0.1, 0.15) is 41.9 Å². The molecule has 1 aliphatic rings. The van der Waals surface area contributed by atoms with Gasteiger partial charge in [-0.05, 0) is 30.9 Å². The molecule has 1 amide bonds. The molecule has 0 atom stereocenters. The van der Waals surface area contributed by atoms with Crippen molar-refractivity contribution in [2.24, 2.45) is 5.92 Å². The van der Waals surface area contributed by atoms with E-state index in [-0.39, 0.29) is 5.91 Å². The normalized spacial score (nSPS) is 15.1. The SMILES string of the molecule is Cc1nn(CC(C)C)c(C)c1CC(=O)NCc1ccccc1CN1CCOCC1. The molecule has 29 heavy (non-hydrogen) atoms. The second-order valence-corrected chi connectivity index (χ2v) is 8.34. The molecule has 1 aromatic carbocycles. The zero-order valence-electron chi connectivity index (χ0n) is 18.2. The molecular weight excluding hydrogens is 364 g/mol. The third-order valence-electron chi connectivity index (χ3n) is 5.50. The number of hydrogen-bond donors (Lipinski definition) is 1. The Morgan fingerprint density at radius 3 is 2.55 bits per heavy atom. The van der Waals surface area contributed by atoms with Gasteiger partial charge in [-0.1, -0.05) is 38.1 Å². The molecule has 0 unspecified atom stereocenters. The number of benzene rings is 1. The molecule has 6 nitrogen and oxygen atoms in total. The maximum Gasteiger partial charge on any atom is 0.224 e. The van der Waals surface area contributed by atoms with Crippen LogP contribution in [0.2, 0.25) is 0 Å². The molecule has 158 valence electrons. The van der Waals surface area contributed by atoms with Gasteiger partial charge in [-0.3, -0.25) is 14.4 Å². The smallest absolute Gasteiger partial charge is 0.224 e. The molecule has 2 aromatic rings. The highest BCUT2D eigenvalue weighted by molar-refractivity contribution is 5.79. The summed E-state index contributed by atoms with van der Waals surface area (Å²) in [7, 11) is 0. The number of carbonyl (C=O) groups is 1. The van der Waals surface area contributed by atoms with Crippen LogP contribution < -0.4 is 5.32 Å². The van der Waals surface area contributed by atoms with E-state index in [1.165, 1.54) is 11.1 Å². The molecule has 0 spiro atoms. The van der Waals surface area contributed by atoms with Crippen molar-refractivity contribution in [2.75, 3.05) is 26.3 Å². The predicted octanol–water partition coefficient (Wildman–Crippen LogP) is 2.85. The quantitative estimate of drug-likeness (QED) is 0.743. The van der Waals surface area contributed by atoms with E-state index in [1.54, 1.807) is 0 Å². The Kier molecular flexibility index (Phi) is 7.45. The second-order valence-electron chi connectivity index (χ2n) is 8.34. The molecule has 1 saturated heterocycles. The summed E-state index contributed by atoms with van der Waals surface area (Å²) in [6.07, 6.45) is 0.376. The number of nitrogens with zero attached hydrogens (tertiary/aromatic N) is 3. The van der Waals surface area contributed by atoms with E-state index in [0.29, 0.717) is 18.9 Å². The van der Waals surface area contributed by atoms with Crippen LogP contribution in [0.15, 0.2) is 24.3 Å². The van der Waals surface area contributed by atoms with E-state index in [0.717, 1.165) is 56.3 Å². The van der Waals surface area contributed by atoms with Crippen LogP contribution in [0.5, 0.6) is 0 Å². The molecule has 1 N–H and O–H groups in total. The first-order valence-corrected chi connectivity index (χ1v) is 10.6. The monoisotopic (exact) mass is 398 g/mol. The Hall–Kier alpha value is -2.18. The van der Waals surface area contributed by atoms with Crippen LogP contribution in [-0.4, -0.2) is 46.9 Å². The maximum absolute atomic E-state index is 12.6. The van der Waals surface area contributed by atoms with Gasteiger partial charge in [0.2, 0.25) is 5.91 Å². The lowest BCUT2D eigenvalue weighted by Gasteiger charge is -2.27. The highest BCUT2D eigenvalue weighted by Crippen LogP contribution is 2.16. The summed E-state index contributed by atoms with van der Waals surface area (Å²) in [5, 5.41) is 7.73. The largest absolute Gasteiger partial charge is 0.379 e. The van der Waals surface area contributed by atoms with Crippen LogP contribution in [0, 0.1) is 19.8 Å². The van der Waals surface area contributed by atoms with Gasteiger partial charge in [0, 0.05) is 44.0 Å². The van der Waals surface area contributed by atoms with E-state index in [4.69, 9.17) is 4.74 Å². The predicted molar refractivity (Wildman–Crippen MR) is 115 cm³/mol. The number of rotatable bonds is 8. The lowest BCUT2D eigenvalue weighted by atomic mass is 10.1. The van der Waals surface area contributed by atoms with E-state index < -0.39 is 0 Å². The fourth-order valence-corrected chi connectivity index (χ4v) is 3.81. The van der Waals surface area contributed by atoms with Crippen molar-refractivity contribution in [1.29, 1.82) is 0 Å². The first kappa shape index (κ1) is 21.5. The second kappa shape index (κ2) is 10.0. The molecule has 1 aromatic heterocycles. The van der Waals surface area contributed by atoms with E-state index >= 15 is 0 Å². The van der Waals surface area contributed by atoms with Crippen molar-refractivity contribution in [2.45, 2.75) is 53.8 Å². The molecule has 1 fully saturated rings. The van der Waals surface area contributed by atoms with Gasteiger partial charge in [-0.15, -0.1) is 0 Å². The highest BCUT2D eigenvalue weighted by Gasteiger charge is 2.16. The number of nitrogens with one attached hydrogen (secondary N) is 1. The van der Waals surface area contributed by atoms with Crippen LogP contribution in [-0.2, 0) is 35.6 Å². The summed E-state index contributed by atoms with van der Waals surface area (Å²) in [6, 6.07) is 8.36. The number of aryl methyl sites for hydroxylation is 1. The summed E-state index contributed by atoms with van der Waals surface area (Å²) in [5.74, 6) is 0.569. The van der Waals surface area contributed by atoms with Crippen molar-refractivity contribution >= 4 is 5.91 Å². The lowest BCUT2D eigenvalue weighted by molar-refractivity contribution is -0.120. The first-order chi connectivity index (χ1) is 13.9. The van der Waals surface area contributed by atoms with Gasteiger partial charge < -0.3 is 10.1 Å². The molecule has 2 heterocycles. The van der Waals surface area contributed by atoms with Gasteiger partial charge in [0.1, 0.15) is 0 Å². The Labute approximate surface area is 174 Å². The first-order valence-electron chi connectivity index (χ1n) is 10.6. The zero-order valence-corrected chi connectivity index (χ0v) is 18.2. The molecule has 1 aliphatic heterocycles. The average Bonchev–Trinajstić information content (AvgIpc) is 2.95. The van der Waals surface area contributed by atoms with Crippen molar-refractivity contribution in [3.63, 3.8) is 0 Å². The molecule has 0 bridgehead atoms. The molecular formula is C23H34N4O2. The van der Waals surface area contributed by atoms with Crippen LogP contribution in [0.4, 0.5) is 0 Å². The minimum Gasteiger partial charge on any atom is -0.379 e. The molecule has 6 heteroatoms. The summed E-state index contributed by atoms with van der Waals surface area (Å²) >= 11 is 0. The fraction of sp³-hybridized carbons (Fsp3) is 0.565. The minimum absolute atomic E-state index is 0.0430. The van der Waals surface area contributed by atoms with E-state index in [9.17, 15) is 4.79 Å². The van der Waals surface area contributed by atoms with E-state index in [1.807, 2.05) is 17.7 Å². The van der Waals surface area contributed by atoms with Crippen molar-refractivity contribution in [3.05, 3.63) is 52.3 Å². The number of amides is 1. The van der Waals surface area contributed by atoms with Gasteiger partial charge in [-0.25, -0.2) is 0 Å². The molecule has 0 saturated carbocycles. The summed E-state index contributed by atoms with van der Waals surface area (Å²) < 4.78 is 7.47. The van der Waals surface area contributed by atoms with Gasteiger partial charge in [0.05, 0.1) is 25.3 Å². The Bertz CT molecular complexity index is 822. The third-order valence-corrected chi connectivity index (χ3v) is 5.50. The van der Waals surface area contributed by atoms with Crippen LogP contribution >= 0.6 is 0 Å². The molecule has 0 radical (unpaired) electrons. The van der Waals surface area contributed by atoms with Gasteiger partial charge in [0.15, 0.2) is 0 Å². The highest BCUT2D eigenvalue weighted by atomic mass is 16.5. The van der Waals surface area contributed by atoms with Gasteiger partial charge in [-0.2, -0.15) is 5.10 Å². The average molecular weight is 399 g/mol. The number of ether oxygens (including phenoxy) is 1. The minimum atomic E-state index is 0.0430. The summed E-state index contributed by atoms with van der Waals surface area (Å²) in [4.78, 5) is 15.1. The van der Waals surface area contributed by atoms with Crippen LogP contribution in [0.25, 0.3) is 0 Å². The number of morpholine rings is 1. The Morgan fingerprint density at radius 1 is 1.17 bits per heavy atom. The molecule has 0 aliphatic carbocycles. The Morgan fingerprint density at radius 2 is 1.86 bits per heavy atom. The standard InChI is InChI=1S/C23H34N4O2/c1-17(2)15-27-19(4)22(18(3)25-27)13-23(28)24-14-20-7-5-6-8-21(20)16-26-9-11-29-12-10-26/h5-8,17H,9-16H2,1-4H3,(H,24,28). The van der Waals surface area contributed by atoms with E-state index in [2.05, 4.69) is 54.3 Å². The number of hydrogen-bond acceptors (Lipinski definition) is 4. The summed E-state index contributed by atoms with van der Waals surface area (Å²) in [6.45, 7) is 14.2. The zero-order chi connectivity index (χ0) is 20.8. The Balaban J connectivity index is 1.59. The number of aromatic nitrogens is 2. The summed E-state index contributed by atoms with van der Waals surface area (Å²) in [5.41, 5.74) is 5.54. The van der Waals surface area contributed by atoms with Crippen molar-refractivity contribution in [3.8, 4) is 0 Å². The van der Waals surface area contributed by atoms with Gasteiger partial charge in [0.25, 0.3) is 0 Å².